The van der Waals surface area contributed by atoms with Crippen LogP contribution in [0.3, 0.4) is 0 Å². The van der Waals surface area contributed by atoms with Crippen LogP contribution in [0.5, 0.6) is 23.0 Å². The van der Waals surface area contributed by atoms with Crippen LogP contribution in [0.2, 0.25) is 0 Å². The summed E-state index contributed by atoms with van der Waals surface area (Å²) in [5.74, 6) is 2.56. The van der Waals surface area contributed by atoms with Gasteiger partial charge in [0.15, 0.2) is 11.5 Å². The van der Waals surface area contributed by atoms with E-state index in [-0.39, 0.29) is 5.91 Å². The van der Waals surface area contributed by atoms with Crippen molar-refractivity contribution in [3.8, 4) is 23.0 Å². The van der Waals surface area contributed by atoms with Crippen LogP contribution in [-0.4, -0.2) is 51.8 Å². The number of likely N-dealkylation sites (tertiary alicyclic amines) is 1. The van der Waals surface area contributed by atoms with E-state index in [9.17, 15) is 4.79 Å². The van der Waals surface area contributed by atoms with Gasteiger partial charge in [-0.05, 0) is 37.1 Å². The summed E-state index contributed by atoms with van der Waals surface area (Å²) >= 11 is 0. The maximum Gasteiger partial charge on any atom is 0.254 e. The third-order valence-electron chi connectivity index (χ3n) is 4.95. The third kappa shape index (κ3) is 4.50. The number of hydrogen-bond acceptors (Lipinski definition) is 5. The molecule has 0 radical (unpaired) electrons. The molecule has 150 valence electrons. The Kier molecular flexibility index (Phi) is 6.63. The van der Waals surface area contributed by atoms with E-state index < -0.39 is 0 Å². The first-order valence-corrected chi connectivity index (χ1v) is 9.43. The second-order valence-corrected chi connectivity index (χ2v) is 6.80. The van der Waals surface area contributed by atoms with E-state index in [0.29, 0.717) is 41.9 Å². The fourth-order valence-electron chi connectivity index (χ4n) is 3.50. The van der Waals surface area contributed by atoms with Crippen molar-refractivity contribution in [2.75, 3.05) is 41.0 Å². The zero-order valence-electron chi connectivity index (χ0n) is 16.6. The summed E-state index contributed by atoms with van der Waals surface area (Å²) in [7, 11) is 4.64. The number of rotatable bonds is 7. The number of amides is 1. The maximum absolute atomic E-state index is 13.1. The number of benzene rings is 2. The number of ether oxygens (including phenoxy) is 4. The van der Waals surface area contributed by atoms with E-state index in [1.165, 1.54) is 0 Å². The summed E-state index contributed by atoms with van der Waals surface area (Å²) in [4.78, 5) is 15.0. The highest BCUT2D eigenvalue weighted by atomic mass is 16.5. The second kappa shape index (κ2) is 9.35. The van der Waals surface area contributed by atoms with Gasteiger partial charge in [-0.25, -0.2) is 0 Å². The molecule has 6 nitrogen and oxygen atoms in total. The molecule has 1 heterocycles. The molecule has 1 aliphatic rings. The quantitative estimate of drug-likeness (QED) is 0.728. The molecule has 1 amide bonds. The predicted molar refractivity (Wildman–Crippen MR) is 107 cm³/mol. The second-order valence-electron chi connectivity index (χ2n) is 6.80. The zero-order chi connectivity index (χ0) is 19.9. The van der Waals surface area contributed by atoms with Crippen LogP contribution in [0.4, 0.5) is 0 Å². The van der Waals surface area contributed by atoms with Gasteiger partial charge >= 0.3 is 0 Å². The Morgan fingerprint density at radius 1 is 1.04 bits per heavy atom. The minimum Gasteiger partial charge on any atom is -0.493 e. The largest absolute Gasteiger partial charge is 0.493 e. The molecule has 0 aliphatic carbocycles. The lowest BCUT2D eigenvalue weighted by Gasteiger charge is -2.33. The fourth-order valence-corrected chi connectivity index (χ4v) is 3.50. The van der Waals surface area contributed by atoms with Crippen LogP contribution in [0.25, 0.3) is 0 Å². The van der Waals surface area contributed by atoms with Gasteiger partial charge in [-0.1, -0.05) is 18.2 Å². The van der Waals surface area contributed by atoms with Crippen LogP contribution in [0.15, 0.2) is 42.5 Å². The summed E-state index contributed by atoms with van der Waals surface area (Å²) < 4.78 is 22.0. The number of piperidine rings is 1. The lowest BCUT2D eigenvalue weighted by atomic mass is 9.98. The Morgan fingerprint density at radius 3 is 2.32 bits per heavy atom. The molecular formula is C22H27NO5. The predicted octanol–water partition coefficient (Wildman–Crippen LogP) is 3.64. The van der Waals surface area contributed by atoms with Crippen molar-refractivity contribution >= 4 is 5.91 Å². The monoisotopic (exact) mass is 385 g/mol. The number of methoxy groups -OCH3 is 3. The molecule has 0 spiro atoms. The molecule has 0 aromatic heterocycles. The molecule has 1 fully saturated rings. The zero-order valence-corrected chi connectivity index (χ0v) is 16.6. The molecule has 1 saturated heterocycles. The number of nitrogens with zero attached hydrogens (tertiary/aromatic N) is 1. The van der Waals surface area contributed by atoms with Gasteiger partial charge in [-0.2, -0.15) is 0 Å². The van der Waals surface area contributed by atoms with Crippen LogP contribution in [0, 0.1) is 5.92 Å². The lowest BCUT2D eigenvalue weighted by molar-refractivity contribution is 0.0632. The summed E-state index contributed by atoms with van der Waals surface area (Å²) in [5, 5.41) is 0. The van der Waals surface area contributed by atoms with Crippen LogP contribution < -0.4 is 18.9 Å². The van der Waals surface area contributed by atoms with Gasteiger partial charge in [0.1, 0.15) is 5.75 Å². The third-order valence-corrected chi connectivity index (χ3v) is 4.95. The standard InChI is InChI=1S/C22H27NO5/c1-25-19-12-17(13-20(26-2)21(19)27-3)22(24)23-11-7-8-16(14-23)15-28-18-9-5-4-6-10-18/h4-6,9-10,12-13,16H,7-8,11,14-15H2,1-3H3. The van der Waals surface area contributed by atoms with E-state index in [1.807, 2.05) is 35.2 Å². The summed E-state index contributed by atoms with van der Waals surface area (Å²) in [6, 6.07) is 13.2. The molecule has 1 atom stereocenters. The van der Waals surface area contributed by atoms with Crippen LogP contribution in [0.1, 0.15) is 23.2 Å². The SMILES string of the molecule is COc1cc(C(=O)N2CCCC(COc3ccccc3)C2)cc(OC)c1OC. The highest BCUT2D eigenvalue weighted by Gasteiger charge is 2.26. The Bertz CT molecular complexity index is 768. The Labute approximate surface area is 166 Å². The van der Waals surface area contributed by atoms with Crippen molar-refractivity contribution in [1.82, 2.24) is 4.90 Å². The molecule has 0 bridgehead atoms. The number of carbonyl (C=O) groups is 1. The first-order chi connectivity index (χ1) is 13.7. The molecule has 6 heteroatoms. The van der Waals surface area contributed by atoms with E-state index in [4.69, 9.17) is 18.9 Å². The van der Waals surface area contributed by atoms with Gasteiger partial charge in [-0.3, -0.25) is 4.79 Å². The average Bonchev–Trinajstić information content (AvgIpc) is 2.77. The average molecular weight is 385 g/mol. The van der Waals surface area contributed by atoms with Crippen molar-refractivity contribution in [1.29, 1.82) is 0 Å². The minimum absolute atomic E-state index is 0.0383. The van der Waals surface area contributed by atoms with Crippen molar-refractivity contribution in [2.45, 2.75) is 12.8 Å². The molecule has 0 saturated carbocycles. The lowest BCUT2D eigenvalue weighted by Crippen LogP contribution is -2.41. The molecule has 1 unspecified atom stereocenters. The van der Waals surface area contributed by atoms with E-state index in [2.05, 4.69) is 0 Å². The molecule has 2 aromatic rings. The molecular weight excluding hydrogens is 358 g/mol. The summed E-state index contributed by atoms with van der Waals surface area (Å²) in [5.41, 5.74) is 0.527. The first kappa shape index (κ1) is 19.9. The normalized spacial score (nSPS) is 16.4. The van der Waals surface area contributed by atoms with Crippen LogP contribution in [-0.2, 0) is 0 Å². The fraction of sp³-hybridized carbons (Fsp3) is 0.409. The minimum atomic E-state index is -0.0383. The van der Waals surface area contributed by atoms with Gasteiger partial charge in [-0.15, -0.1) is 0 Å². The number of carbonyl (C=O) groups excluding carboxylic acids is 1. The van der Waals surface area contributed by atoms with Gasteiger partial charge in [0.2, 0.25) is 5.75 Å². The van der Waals surface area contributed by atoms with E-state index in [0.717, 1.165) is 25.1 Å². The van der Waals surface area contributed by atoms with Crippen molar-refractivity contribution in [3.05, 3.63) is 48.0 Å². The van der Waals surface area contributed by atoms with Gasteiger partial charge in [0, 0.05) is 24.6 Å². The molecule has 3 rings (SSSR count). The highest BCUT2D eigenvalue weighted by Crippen LogP contribution is 2.38. The Balaban J connectivity index is 1.69. The van der Waals surface area contributed by atoms with Crippen molar-refractivity contribution in [3.63, 3.8) is 0 Å². The van der Waals surface area contributed by atoms with Crippen molar-refractivity contribution < 1.29 is 23.7 Å². The smallest absolute Gasteiger partial charge is 0.254 e. The van der Waals surface area contributed by atoms with Gasteiger partial charge < -0.3 is 23.8 Å². The Hall–Kier alpha value is -2.89. The molecule has 2 aromatic carbocycles. The topological polar surface area (TPSA) is 57.2 Å². The molecule has 0 N–H and O–H groups in total. The van der Waals surface area contributed by atoms with Gasteiger partial charge in [0.25, 0.3) is 5.91 Å². The van der Waals surface area contributed by atoms with Crippen LogP contribution >= 0.6 is 0 Å². The van der Waals surface area contributed by atoms with Gasteiger partial charge in [0.05, 0.1) is 27.9 Å². The van der Waals surface area contributed by atoms with E-state index >= 15 is 0 Å². The Morgan fingerprint density at radius 2 is 1.71 bits per heavy atom. The van der Waals surface area contributed by atoms with E-state index in [1.54, 1.807) is 33.5 Å². The maximum atomic E-state index is 13.1. The number of hydrogen-bond donors (Lipinski definition) is 0. The molecule has 28 heavy (non-hydrogen) atoms. The summed E-state index contributed by atoms with van der Waals surface area (Å²) in [6.45, 7) is 2.00. The number of para-hydroxylation sites is 1. The van der Waals surface area contributed by atoms with Crippen molar-refractivity contribution in [2.24, 2.45) is 5.92 Å². The summed E-state index contributed by atoms with van der Waals surface area (Å²) in [6.07, 6.45) is 2.00. The highest BCUT2D eigenvalue weighted by molar-refractivity contribution is 5.95. The molecule has 1 aliphatic heterocycles. The first-order valence-electron chi connectivity index (χ1n) is 9.43.